The summed E-state index contributed by atoms with van der Waals surface area (Å²) >= 11 is 5.96. The molecule has 0 saturated heterocycles. The monoisotopic (exact) mass is 216 g/mol. The second-order valence-corrected chi connectivity index (χ2v) is 3.55. The summed E-state index contributed by atoms with van der Waals surface area (Å²) in [5.74, 6) is 7.41. The lowest BCUT2D eigenvalue weighted by atomic mass is 10.2. The van der Waals surface area contributed by atoms with E-state index < -0.39 is 0 Å². The van der Waals surface area contributed by atoms with Gasteiger partial charge in [-0.3, -0.25) is 0 Å². The second kappa shape index (κ2) is 4.25. The molecule has 0 unspecified atom stereocenters. The Hall–Kier alpha value is -1.65. The summed E-state index contributed by atoms with van der Waals surface area (Å²) in [4.78, 5) is 0. The van der Waals surface area contributed by atoms with Gasteiger partial charge >= 0.3 is 0 Å². The van der Waals surface area contributed by atoms with Crippen LogP contribution in [0.25, 0.3) is 0 Å². The van der Waals surface area contributed by atoms with E-state index in [1.807, 2.05) is 43.3 Å². The van der Waals surface area contributed by atoms with Crippen LogP contribution in [0, 0.1) is 18.8 Å². The first-order valence-corrected chi connectivity index (χ1v) is 4.96. The highest BCUT2D eigenvalue weighted by atomic mass is 35.5. The van der Waals surface area contributed by atoms with E-state index in [0.717, 1.165) is 11.3 Å². The molecule has 0 fully saturated rings. The van der Waals surface area contributed by atoms with E-state index in [2.05, 4.69) is 11.8 Å². The summed E-state index contributed by atoms with van der Waals surface area (Å²) in [5.41, 5.74) is 0.813. The highest BCUT2D eigenvalue weighted by molar-refractivity contribution is 6.31. The minimum absolute atomic E-state index is 0.660. The molecule has 0 aliphatic heterocycles. The van der Waals surface area contributed by atoms with Gasteiger partial charge in [0.25, 0.3) is 0 Å². The van der Waals surface area contributed by atoms with E-state index >= 15 is 0 Å². The fourth-order valence-electron chi connectivity index (χ4n) is 1.19. The van der Waals surface area contributed by atoms with Crippen molar-refractivity contribution < 1.29 is 4.42 Å². The minimum atomic E-state index is 0.660. The average Bonchev–Trinajstić information content (AvgIpc) is 2.63. The molecule has 2 aromatic rings. The van der Waals surface area contributed by atoms with Crippen molar-refractivity contribution in [2.75, 3.05) is 0 Å². The van der Waals surface area contributed by atoms with Crippen molar-refractivity contribution >= 4 is 11.6 Å². The normalized spacial score (nSPS) is 9.47. The van der Waals surface area contributed by atoms with Gasteiger partial charge in [0, 0.05) is 5.56 Å². The van der Waals surface area contributed by atoms with Crippen LogP contribution < -0.4 is 0 Å². The molecule has 0 N–H and O–H groups in total. The standard InChI is InChI=1S/C13H9ClO/c1-10-6-8-12(15-10)9-7-11-4-2-3-5-13(11)14/h2-6,8H,1H3. The Bertz CT molecular complexity index is 529. The Kier molecular flexibility index (Phi) is 2.80. The summed E-state index contributed by atoms with van der Waals surface area (Å²) < 4.78 is 5.33. The van der Waals surface area contributed by atoms with E-state index in [1.54, 1.807) is 0 Å². The third kappa shape index (κ3) is 2.43. The molecule has 0 radical (unpaired) electrons. The third-order valence-corrected chi connectivity index (χ3v) is 2.26. The van der Waals surface area contributed by atoms with Gasteiger partial charge in [-0.2, -0.15) is 0 Å². The largest absolute Gasteiger partial charge is 0.453 e. The molecule has 0 aliphatic carbocycles. The number of halogens is 1. The highest BCUT2D eigenvalue weighted by Crippen LogP contribution is 2.13. The quantitative estimate of drug-likeness (QED) is 0.613. The van der Waals surface area contributed by atoms with Gasteiger partial charge in [-0.25, -0.2) is 0 Å². The number of hydrogen-bond donors (Lipinski definition) is 0. The molecule has 0 spiro atoms. The molecule has 2 rings (SSSR count). The van der Waals surface area contributed by atoms with Crippen molar-refractivity contribution in [2.45, 2.75) is 6.92 Å². The van der Waals surface area contributed by atoms with Crippen molar-refractivity contribution in [3.8, 4) is 11.8 Å². The number of aryl methyl sites for hydroxylation is 1. The Morgan fingerprint density at radius 3 is 2.53 bits per heavy atom. The Morgan fingerprint density at radius 2 is 1.87 bits per heavy atom. The molecule has 2 heteroatoms. The van der Waals surface area contributed by atoms with Gasteiger partial charge < -0.3 is 4.42 Å². The summed E-state index contributed by atoms with van der Waals surface area (Å²) in [7, 11) is 0. The SMILES string of the molecule is Cc1ccc(C#Cc2ccccc2Cl)o1. The number of hydrogen-bond acceptors (Lipinski definition) is 1. The predicted octanol–water partition coefficient (Wildman–Crippen LogP) is 3.64. The van der Waals surface area contributed by atoms with E-state index in [1.165, 1.54) is 0 Å². The second-order valence-electron chi connectivity index (χ2n) is 3.14. The van der Waals surface area contributed by atoms with Gasteiger partial charge in [0.15, 0.2) is 5.76 Å². The van der Waals surface area contributed by atoms with Crippen LogP contribution >= 0.6 is 11.6 Å². The Morgan fingerprint density at radius 1 is 1.07 bits per heavy atom. The highest BCUT2D eigenvalue weighted by Gasteiger charge is 1.95. The predicted molar refractivity (Wildman–Crippen MR) is 60.9 cm³/mol. The zero-order valence-electron chi connectivity index (χ0n) is 8.25. The molecule has 1 aromatic heterocycles. The first-order chi connectivity index (χ1) is 7.25. The Balaban J connectivity index is 2.30. The lowest BCUT2D eigenvalue weighted by molar-refractivity contribution is 0.522. The van der Waals surface area contributed by atoms with Crippen LogP contribution in [0.4, 0.5) is 0 Å². The third-order valence-electron chi connectivity index (χ3n) is 1.93. The minimum Gasteiger partial charge on any atom is -0.453 e. The van der Waals surface area contributed by atoms with Crippen LogP contribution in [-0.4, -0.2) is 0 Å². The van der Waals surface area contributed by atoms with Gasteiger partial charge in [-0.15, -0.1) is 0 Å². The first-order valence-electron chi connectivity index (χ1n) is 4.59. The summed E-state index contributed by atoms with van der Waals surface area (Å²) in [5, 5.41) is 0.660. The van der Waals surface area contributed by atoms with Crippen LogP contribution in [-0.2, 0) is 0 Å². The molecule has 0 bridgehead atoms. The average molecular weight is 217 g/mol. The van der Waals surface area contributed by atoms with Crippen LogP contribution in [0.15, 0.2) is 40.8 Å². The van der Waals surface area contributed by atoms with E-state index in [0.29, 0.717) is 10.8 Å². The van der Waals surface area contributed by atoms with Gasteiger partial charge in [0.2, 0.25) is 0 Å². The maximum absolute atomic E-state index is 5.96. The van der Waals surface area contributed by atoms with Gasteiger partial charge in [0.05, 0.1) is 5.02 Å². The number of rotatable bonds is 0. The van der Waals surface area contributed by atoms with Crippen molar-refractivity contribution in [3.05, 3.63) is 58.5 Å². The van der Waals surface area contributed by atoms with Crippen LogP contribution in [0.1, 0.15) is 17.1 Å². The molecule has 0 amide bonds. The van der Waals surface area contributed by atoms with E-state index in [-0.39, 0.29) is 0 Å². The zero-order valence-corrected chi connectivity index (χ0v) is 9.01. The van der Waals surface area contributed by atoms with Gasteiger partial charge in [-0.05, 0) is 37.1 Å². The van der Waals surface area contributed by atoms with E-state index in [9.17, 15) is 0 Å². The maximum atomic E-state index is 5.96. The molecule has 1 heterocycles. The fraction of sp³-hybridized carbons (Fsp3) is 0.0769. The van der Waals surface area contributed by atoms with Crippen molar-refractivity contribution in [1.82, 2.24) is 0 Å². The van der Waals surface area contributed by atoms with Gasteiger partial charge in [-0.1, -0.05) is 29.7 Å². The van der Waals surface area contributed by atoms with Crippen LogP contribution in [0.5, 0.6) is 0 Å². The number of benzene rings is 1. The first kappa shape index (κ1) is 9.89. The fourth-order valence-corrected chi connectivity index (χ4v) is 1.38. The maximum Gasteiger partial charge on any atom is 0.177 e. The molecule has 0 aliphatic rings. The Labute approximate surface area is 93.7 Å². The summed E-state index contributed by atoms with van der Waals surface area (Å²) in [6.07, 6.45) is 0. The van der Waals surface area contributed by atoms with Crippen molar-refractivity contribution in [2.24, 2.45) is 0 Å². The molecule has 1 nitrogen and oxygen atoms in total. The molecular formula is C13H9ClO. The van der Waals surface area contributed by atoms with Gasteiger partial charge in [0.1, 0.15) is 5.76 Å². The molecular weight excluding hydrogens is 208 g/mol. The molecule has 1 aromatic carbocycles. The molecule has 0 saturated carbocycles. The lowest BCUT2D eigenvalue weighted by Crippen LogP contribution is -1.75. The smallest absolute Gasteiger partial charge is 0.177 e. The molecule has 74 valence electrons. The van der Waals surface area contributed by atoms with Crippen LogP contribution in [0.3, 0.4) is 0 Å². The number of furan rings is 1. The van der Waals surface area contributed by atoms with Crippen LogP contribution in [0.2, 0.25) is 5.02 Å². The summed E-state index contributed by atoms with van der Waals surface area (Å²) in [6, 6.07) is 11.2. The topological polar surface area (TPSA) is 13.1 Å². The summed E-state index contributed by atoms with van der Waals surface area (Å²) in [6.45, 7) is 1.89. The van der Waals surface area contributed by atoms with Crippen molar-refractivity contribution in [1.29, 1.82) is 0 Å². The zero-order chi connectivity index (χ0) is 10.7. The lowest BCUT2D eigenvalue weighted by Gasteiger charge is -1.91. The van der Waals surface area contributed by atoms with E-state index in [4.69, 9.17) is 16.0 Å². The molecule has 15 heavy (non-hydrogen) atoms. The van der Waals surface area contributed by atoms with Crippen molar-refractivity contribution in [3.63, 3.8) is 0 Å². The molecule has 0 atom stereocenters.